The van der Waals surface area contributed by atoms with Crippen molar-refractivity contribution in [3.63, 3.8) is 0 Å². The van der Waals surface area contributed by atoms with Crippen LogP contribution in [0.4, 0.5) is 0 Å². The van der Waals surface area contributed by atoms with E-state index in [9.17, 15) is 0 Å². The molecule has 1 aliphatic rings. The van der Waals surface area contributed by atoms with Crippen LogP contribution in [0.2, 0.25) is 0 Å². The average molecular weight is 241 g/mol. The van der Waals surface area contributed by atoms with Crippen molar-refractivity contribution in [3.8, 4) is 0 Å². The monoisotopic (exact) mass is 240 g/mol. The molecule has 0 aliphatic heterocycles. The molecule has 0 saturated heterocycles. The molecule has 0 amide bonds. The molecule has 3 heteroatoms. The molecule has 0 nitrogen and oxygen atoms in total. The normalized spacial score (nSPS) is 14.0. The van der Waals surface area contributed by atoms with Gasteiger partial charge in [0.2, 0.25) is 0 Å². The molecule has 0 fully saturated rings. The van der Waals surface area contributed by atoms with Gasteiger partial charge in [0.05, 0.1) is 0 Å². The Morgan fingerprint density at radius 3 is 2.12 bits per heavy atom. The number of hydrogen-bond donors (Lipinski definition) is 0. The molecule has 0 atom stereocenters. The van der Waals surface area contributed by atoms with Crippen LogP contribution in [0, 0.1) is 0 Å². The van der Waals surface area contributed by atoms with E-state index in [1.807, 2.05) is 0 Å². The van der Waals surface area contributed by atoms with Crippen LogP contribution >= 0.6 is 24.8 Å². The Bertz CT molecular complexity index is 107. The average Bonchev–Trinajstić information content (AvgIpc) is 1.86. The fraction of sp³-hybridized carbons (Fsp3) is 0.200. The summed E-state index contributed by atoms with van der Waals surface area (Å²) < 4.78 is 1.36. The summed E-state index contributed by atoms with van der Waals surface area (Å²) >= 11 is 2.84. The minimum absolute atomic E-state index is 0. The Labute approximate surface area is 71.9 Å². The van der Waals surface area contributed by atoms with E-state index in [4.69, 9.17) is 0 Å². The van der Waals surface area contributed by atoms with E-state index in [0.717, 1.165) is 6.42 Å². The molecule has 0 aromatic heterocycles. The molecule has 8 heavy (non-hydrogen) atoms. The molecule has 0 saturated carbocycles. The summed E-state index contributed by atoms with van der Waals surface area (Å²) in [6, 6.07) is 0. The number of halogens is 2. The third-order valence-corrected chi connectivity index (χ3v) is 1.32. The zero-order valence-corrected chi connectivity index (χ0v) is 7.36. The van der Waals surface area contributed by atoms with Crippen LogP contribution in [0.15, 0.2) is 22.4 Å². The fourth-order valence-electron chi connectivity index (χ4n) is 0.412. The first-order valence-electron chi connectivity index (χ1n) is 1.88. The van der Waals surface area contributed by atoms with E-state index in [0.29, 0.717) is 0 Å². The van der Waals surface area contributed by atoms with Crippen molar-refractivity contribution in [3.05, 3.63) is 22.4 Å². The molecule has 0 aromatic rings. The van der Waals surface area contributed by atoms with Gasteiger partial charge in [0.15, 0.2) is 0 Å². The van der Waals surface area contributed by atoms with Gasteiger partial charge in [-0.15, -0.1) is 24.8 Å². The molecule has 0 spiro atoms. The minimum atomic E-state index is 0. The van der Waals surface area contributed by atoms with Crippen LogP contribution in [0.5, 0.6) is 0 Å². The number of hydrogen-bond acceptors (Lipinski definition) is 0. The van der Waals surface area contributed by atoms with Crippen LogP contribution in [0.1, 0.15) is 6.42 Å². The van der Waals surface area contributed by atoms with E-state index < -0.39 is 0 Å². The molecule has 50 valence electrons. The molecular formula is C5H7Cl2Rh. The van der Waals surface area contributed by atoms with Crippen molar-refractivity contribution in [2.24, 2.45) is 0 Å². The zero-order valence-electron chi connectivity index (χ0n) is 4.09. The van der Waals surface area contributed by atoms with Crippen LogP contribution < -0.4 is 0 Å². The summed E-state index contributed by atoms with van der Waals surface area (Å²) in [6.07, 6.45) is 7.41. The zero-order chi connectivity index (χ0) is 4.41. The van der Waals surface area contributed by atoms with Gasteiger partial charge in [-0.2, -0.15) is 0 Å². The van der Waals surface area contributed by atoms with Crippen molar-refractivity contribution in [2.45, 2.75) is 6.42 Å². The van der Waals surface area contributed by atoms with Crippen molar-refractivity contribution < 1.29 is 18.3 Å². The van der Waals surface area contributed by atoms with Gasteiger partial charge >= 0.3 is 47.1 Å². The van der Waals surface area contributed by atoms with Crippen molar-refractivity contribution in [2.75, 3.05) is 0 Å². The third-order valence-electron chi connectivity index (χ3n) is 0.709. The molecule has 1 aliphatic carbocycles. The Kier molecular flexibility index (Phi) is 8.34. The second kappa shape index (κ2) is 5.81. The second-order valence-corrected chi connectivity index (χ2v) is 2.27. The molecule has 0 aromatic carbocycles. The summed E-state index contributed by atoms with van der Waals surface area (Å²) in [5.74, 6) is 0. The van der Waals surface area contributed by atoms with E-state index in [1.54, 1.807) is 0 Å². The summed E-state index contributed by atoms with van der Waals surface area (Å²) in [6.45, 7) is 0. The van der Waals surface area contributed by atoms with E-state index in [2.05, 4.69) is 36.5 Å². The predicted octanol–water partition coefficient (Wildman–Crippen LogP) is 2.22. The summed E-state index contributed by atoms with van der Waals surface area (Å²) in [5.41, 5.74) is 0. The van der Waals surface area contributed by atoms with Gasteiger partial charge in [-0.3, -0.25) is 0 Å². The quantitative estimate of drug-likeness (QED) is 0.570. The van der Waals surface area contributed by atoms with Gasteiger partial charge < -0.3 is 0 Å². The van der Waals surface area contributed by atoms with Crippen molar-refractivity contribution in [1.29, 1.82) is 0 Å². The predicted molar refractivity (Wildman–Crippen MR) is 36.3 cm³/mol. The van der Waals surface area contributed by atoms with Crippen LogP contribution in [-0.2, 0) is 18.3 Å². The molecular weight excluding hydrogens is 234 g/mol. The molecule has 0 bridgehead atoms. The SMILES string of the molecule is Cl.Cl.[Rh][C]1=CC=CC1. The van der Waals surface area contributed by atoms with Crippen LogP contribution in [0.3, 0.4) is 0 Å². The standard InChI is InChI=1S/C5H5.2ClH.Rh/c1-2-4-5-3-1;;;/h1-3H,4H2;2*1H;. The van der Waals surface area contributed by atoms with Gasteiger partial charge in [0.1, 0.15) is 0 Å². The maximum absolute atomic E-state index is 2.84. The summed E-state index contributed by atoms with van der Waals surface area (Å²) in [5, 5.41) is 0. The van der Waals surface area contributed by atoms with Gasteiger partial charge in [-0.1, -0.05) is 0 Å². The Balaban J connectivity index is 0. The molecule has 0 heterocycles. The molecule has 1 rings (SSSR count). The molecule has 0 N–H and O–H groups in total. The Hall–Kier alpha value is 0.683. The van der Waals surface area contributed by atoms with E-state index in [-0.39, 0.29) is 24.8 Å². The molecule has 0 radical (unpaired) electrons. The molecule has 0 unspecified atom stereocenters. The van der Waals surface area contributed by atoms with Gasteiger partial charge in [0, 0.05) is 0 Å². The van der Waals surface area contributed by atoms with Crippen molar-refractivity contribution >= 4 is 24.8 Å². The number of rotatable bonds is 0. The van der Waals surface area contributed by atoms with Gasteiger partial charge in [-0.25, -0.2) is 0 Å². The topological polar surface area (TPSA) is 0 Å². The van der Waals surface area contributed by atoms with Crippen molar-refractivity contribution in [1.82, 2.24) is 0 Å². The first kappa shape index (κ1) is 11.5. The van der Waals surface area contributed by atoms with Crippen LogP contribution in [-0.4, -0.2) is 0 Å². The summed E-state index contributed by atoms with van der Waals surface area (Å²) in [7, 11) is 0. The van der Waals surface area contributed by atoms with E-state index >= 15 is 0 Å². The third kappa shape index (κ3) is 3.66. The van der Waals surface area contributed by atoms with Crippen LogP contribution in [0.25, 0.3) is 0 Å². The first-order chi connectivity index (χ1) is 2.89. The van der Waals surface area contributed by atoms with E-state index in [1.165, 1.54) is 4.17 Å². The fourth-order valence-corrected chi connectivity index (χ4v) is 0.762. The Morgan fingerprint density at radius 1 is 1.38 bits per heavy atom. The number of allylic oxidation sites excluding steroid dienone is 4. The second-order valence-electron chi connectivity index (χ2n) is 1.22. The maximum atomic E-state index is 2.84. The first-order valence-corrected chi connectivity index (χ1v) is 2.70. The summed E-state index contributed by atoms with van der Waals surface area (Å²) in [4.78, 5) is 0. The van der Waals surface area contributed by atoms with Gasteiger partial charge in [0.25, 0.3) is 0 Å². The van der Waals surface area contributed by atoms with Gasteiger partial charge in [-0.05, 0) is 0 Å². The Morgan fingerprint density at radius 2 is 2.00 bits per heavy atom.